The molecule has 0 saturated heterocycles. The molecular formula is C13H20O10. The maximum atomic E-state index is 11.7. The van der Waals surface area contributed by atoms with Gasteiger partial charge in [0.15, 0.2) is 11.7 Å². The lowest BCUT2D eigenvalue weighted by Gasteiger charge is -2.39. The van der Waals surface area contributed by atoms with Gasteiger partial charge in [0.25, 0.3) is 0 Å². The first-order chi connectivity index (χ1) is 10.4. The minimum Gasteiger partial charge on any atom is -0.481 e. The molecule has 1 saturated carbocycles. The van der Waals surface area contributed by atoms with E-state index >= 15 is 0 Å². The predicted octanol–water partition coefficient (Wildman–Crippen LogP) is -2.15. The minimum atomic E-state index is -2.34. The number of aliphatic carboxylic acids is 2. The van der Waals surface area contributed by atoms with E-state index in [2.05, 4.69) is 0 Å². The third-order valence-corrected chi connectivity index (χ3v) is 3.57. The van der Waals surface area contributed by atoms with Gasteiger partial charge in [0, 0.05) is 12.8 Å². The summed E-state index contributed by atoms with van der Waals surface area (Å²) in [5, 5.41) is 56.6. The largest absolute Gasteiger partial charge is 0.481 e. The maximum absolute atomic E-state index is 11.7. The molecule has 0 bridgehead atoms. The molecule has 0 aliphatic heterocycles. The van der Waals surface area contributed by atoms with Crippen molar-refractivity contribution >= 4 is 17.9 Å². The van der Waals surface area contributed by atoms with E-state index in [4.69, 9.17) is 14.9 Å². The molecule has 0 aromatic carbocycles. The first-order valence-electron chi connectivity index (χ1n) is 6.82. The molecule has 6 N–H and O–H groups in total. The van der Waals surface area contributed by atoms with Crippen LogP contribution in [0.5, 0.6) is 0 Å². The monoisotopic (exact) mass is 336 g/mol. The average Bonchev–Trinajstić information content (AvgIpc) is 2.31. The van der Waals surface area contributed by atoms with Crippen LogP contribution in [-0.4, -0.2) is 78.1 Å². The third kappa shape index (κ3) is 5.13. The summed E-state index contributed by atoms with van der Waals surface area (Å²) in [6, 6.07) is 0. The molecule has 0 spiro atoms. The second-order valence-electron chi connectivity index (χ2n) is 6.08. The number of carbonyl (C=O) groups is 3. The van der Waals surface area contributed by atoms with Crippen molar-refractivity contribution < 1.29 is 49.8 Å². The summed E-state index contributed by atoms with van der Waals surface area (Å²) in [5.41, 5.74) is -4.22. The van der Waals surface area contributed by atoms with Gasteiger partial charge in [-0.25, -0.2) is 4.79 Å². The Bertz CT molecular complexity index is 473. The van der Waals surface area contributed by atoms with Gasteiger partial charge >= 0.3 is 17.9 Å². The fraction of sp³-hybridized carbons (Fsp3) is 0.769. The highest BCUT2D eigenvalue weighted by atomic mass is 16.6. The van der Waals surface area contributed by atoms with E-state index in [-0.39, 0.29) is 0 Å². The van der Waals surface area contributed by atoms with E-state index in [9.17, 15) is 34.8 Å². The number of carboxylic acid groups (broad SMARTS) is 2. The minimum absolute atomic E-state index is 0.650. The fourth-order valence-electron chi connectivity index (χ4n) is 2.49. The van der Waals surface area contributed by atoms with Crippen molar-refractivity contribution in [1.82, 2.24) is 0 Å². The maximum Gasteiger partial charge on any atom is 0.335 e. The van der Waals surface area contributed by atoms with E-state index in [0.717, 1.165) is 6.92 Å². The topological polar surface area (TPSA) is 182 Å². The van der Waals surface area contributed by atoms with Crippen molar-refractivity contribution in [1.29, 1.82) is 0 Å². The highest BCUT2D eigenvalue weighted by Crippen LogP contribution is 2.31. The Morgan fingerprint density at radius 2 is 1.61 bits per heavy atom. The van der Waals surface area contributed by atoms with Gasteiger partial charge in [0.1, 0.15) is 0 Å². The zero-order valence-electron chi connectivity index (χ0n) is 12.4. The molecule has 0 amide bonds. The molecule has 3 atom stereocenters. The SMILES string of the molecule is CC(O)(CC(=O)O)CC(=O)OC1[C@H](O)CC(O)(C(=O)O)C[C@H]1O. The highest BCUT2D eigenvalue weighted by Gasteiger charge is 2.50. The lowest BCUT2D eigenvalue weighted by Crippen LogP contribution is -2.57. The van der Waals surface area contributed by atoms with Crippen molar-refractivity contribution in [3.05, 3.63) is 0 Å². The normalized spacial score (nSPS) is 33.5. The van der Waals surface area contributed by atoms with Crippen LogP contribution >= 0.6 is 0 Å². The second-order valence-corrected chi connectivity index (χ2v) is 6.08. The average molecular weight is 336 g/mol. The summed E-state index contributed by atoms with van der Waals surface area (Å²) in [5.74, 6) is -4.02. The number of hydrogen-bond donors (Lipinski definition) is 6. The Labute approximate surface area is 130 Å². The van der Waals surface area contributed by atoms with Gasteiger partial charge in [-0.15, -0.1) is 0 Å². The molecule has 1 fully saturated rings. The van der Waals surface area contributed by atoms with Crippen molar-refractivity contribution in [3.8, 4) is 0 Å². The number of ether oxygens (including phenoxy) is 1. The van der Waals surface area contributed by atoms with E-state index in [1.807, 2.05) is 0 Å². The van der Waals surface area contributed by atoms with Gasteiger partial charge in [-0.3, -0.25) is 9.59 Å². The van der Waals surface area contributed by atoms with Crippen LogP contribution < -0.4 is 0 Å². The van der Waals surface area contributed by atoms with E-state index in [0.29, 0.717) is 0 Å². The molecule has 1 aliphatic rings. The van der Waals surface area contributed by atoms with Crippen LogP contribution in [0.2, 0.25) is 0 Å². The molecule has 23 heavy (non-hydrogen) atoms. The molecular weight excluding hydrogens is 316 g/mol. The van der Waals surface area contributed by atoms with E-state index in [1.54, 1.807) is 0 Å². The van der Waals surface area contributed by atoms with Gasteiger partial charge in [-0.05, 0) is 6.92 Å². The van der Waals surface area contributed by atoms with Gasteiger partial charge in [0.2, 0.25) is 0 Å². The van der Waals surface area contributed by atoms with Crippen molar-refractivity contribution in [3.63, 3.8) is 0 Å². The smallest absolute Gasteiger partial charge is 0.335 e. The zero-order chi connectivity index (χ0) is 18.0. The predicted molar refractivity (Wildman–Crippen MR) is 71.2 cm³/mol. The van der Waals surface area contributed by atoms with Crippen molar-refractivity contribution in [2.75, 3.05) is 0 Å². The molecule has 0 heterocycles. The van der Waals surface area contributed by atoms with Crippen LogP contribution in [0.4, 0.5) is 0 Å². The first kappa shape index (κ1) is 19.3. The summed E-state index contributed by atoms with van der Waals surface area (Å²) in [7, 11) is 0. The first-order valence-corrected chi connectivity index (χ1v) is 6.82. The molecule has 132 valence electrons. The number of carboxylic acids is 2. The van der Waals surface area contributed by atoms with Gasteiger partial charge in [0.05, 0.1) is 30.7 Å². The number of carbonyl (C=O) groups excluding carboxylic acids is 1. The number of esters is 1. The molecule has 1 aliphatic carbocycles. The number of aliphatic hydroxyl groups is 4. The molecule has 10 nitrogen and oxygen atoms in total. The Kier molecular flexibility index (Phi) is 5.69. The second kappa shape index (κ2) is 6.79. The number of rotatable bonds is 6. The van der Waals surface area contributed by atoms with Crippen LogP contribution in [0.15, 0.2) is 0 Å². The van der Waals surface area contributed by atoms with Crippen LogP contribution in [0.1, 0.15) is 32.6 Å². The molecule has 10 heteroatoms. The summed E-state index contributed by atoms with van der Waals surface area (Å²) >= 11 is 0. The van der Waals surface area contributed by atoms with Crippen molar-refractivity contribution in [2.45, 2.75) is 62.1 Å². The Morgan fingerprint density at radius 3 is 2.00 bits per heavy atom. The Morgan fingerprint density at radius 1 is 1.13 bits per heavy atom. The Hall–Kier alpha value is -1.75. The molecule has 0 aromatic rings. The lowest BCUT2D eigenvalue weighted by atomic mass is 9.79. The third-order valence-electron chi connectivity index (χ3n) is 3.57. The number of hydrogen-bond acceptors (Lipinski definition) is 8. The van der Waals surface area contributed by atoms with Gasteiger partial charge in [-0.2, -0.15) is 0 Å². The van der Waals surface area contributed by atoms with Crippen molar-refractivity contribution in [2.24, 2.45) is 0 Å². The van der Waals surface area contributed by atoms with Crippen LogP contribution in [0, 0.1) is 0 Å². The van der Waals surface area contributed by atoms with E-state index < -0.39 is 73.1 Å². The van der Waals surface area contributed by atoms with Crippen LogP contribution in [-0.2, 0) is 19.1 Å². The van der Waals surface area contributed by atoms with Gasteiger partial charge in [-0.1, -0.05) is 0 Å². The molecule has 1 unspecified atom stereocenters. The fourth-order valence-corrected chi connectivity index (χ4v) is 2.49. The summed E-state index contributed by atoms with van der Waals surface area (Å²) in [4.78, 5) is 33.2. The highest BCUT2D eigenvalue weighted by molar-refractivity contribution is 5.77. The van der Waals surface area contributed by atoms with E-state index in [1.165, 1.54) is 0 Å². The standard InChI is InChI=1S/C13H20O10/c1-12(21,4-8(16)17)5-9(18)23-10-6(14)2-13(22,11(19)20)3-7(10)15/h6-7,10,14-15,21-22H,2-5H2,1H3,(H,16,17)(H,19,20)/t6-,7-,10?,12?,13?/m1/s1. The van der Waals surface area contributed by atoms with Crippen LogP contribution in [0.25, 0.3) is 0 Å². The van der Waals surface area contributed by atoms with Gasteiger partial charge < -0.3 is 35.4 Å². The molecule has 1 rings (SSSR count). The number of aliphatic hydroxyl groups excluding tert-OH is 2. The summed E-state index contributed by atoms with van der Waals surface area (Å²) in [6.45, 7) is 1.11. The summed E-state index contributed by atoms with van der Waals surface area (Å²) < 4.78 is 4.81. The summed E-state index contributed by atoms with van der Waals surface area (Å²) in [6.07, 6.45) is -7.45. The lowest BCUT2D eigenvalue weighted by molar-refractivity contribution is -0.200. The van der Waals surface area contributed by atoms with Crippen LogP contribution in [0.3, 0.4) is 0 Å². The zero-order valence-corrected chi connectivity index (χ0v) is 12.4. The molecule has 0 aromatic heterocycles. The quantitative estimate of drug-likeness (QED) is 0.292. The molecule has 0 radical (unpaired) electrons. The Balaban J connectivity index is 2.69.